The summed E-state index contributed by atoms with van der Waals surface area (Å²) in [5, 5.41) is 0.802. The Bertz CT molecular complexity index is 318. The zero-order valence-corrected chi connectivity index (χ0v) is 8.69. The van der Waals surface area contributed by atoms with Gasteiger partial charge in [0.25, 0.3) is 0 Å². The lowest BCUT2D eigenvalue weighted by atomic mass is 10.1. The summed E-state index contributed by atoms with van der Waals surface area (Å²) in [6.45, 7) is 0. The standard InChI is InChI=1S/C9H9Cl2F2N/c10-5-1-2-7(11)6(3-5)8(14)4-9(12)13/h1-3,8-9H,4,14H2/t8-/m0/s1. The van der Waals surface area contributed by atoms with E-state index in [2.05, 4.69) is 0 Å². The highest BCUT2D eigenvalue weighted by atomic mass is 35.5. The van der Waals surface area contributed by atoms with Crippen molar-refractivity contribution in [1.82, 2.24) is 0 Å². The minimum Gasteiger partial charge on any atom is -0.324 e. The number of halogens is 4. The first kappa shape index (κ1) is 11.7. The third-order valence-electron chi connectivity index (χ3n) is 1.79. The maximum atomic E-state index is 12.0. The smallest absolute Gasteiger partial charge is 0.240 e. The molecule has 1 atom stereocenters. The Labute approximate surface area is 90.8 Å². The second-order valence-corrected chi connectivity index (χ2v) is 3.74. The molecule has 1 aromatic rings. The third-order valence-corrected chi connectivity index (χ3v) is 2.37. The molecule has 5 heteroatoms. The SMILES string of the molecule is N[C@@H](CC(F)F)c1cc(Cl)ccc1Cl. The monoisotopic (exact) mass is 239 g/mol. The number of rotatable bonds is 3. The molecule has 0 aliphatic rings. The molecule has 0 spiro atoms. The fourth-order valence-electron chi connectivity index (χ4n) is 1.12. The Morgan fingerprint density at radius 2 is 1.93 bits per heavy atom. The van der Waals surface area contributed by atoms with Crippen molar-refractivity contribution in [3.8, 4) is 0 Å². The van der Waals surface area contributed by atoms with Crippen molar-refractivity contribution in [2.45, 2.75) is 18.9 Å². The van der Waals surface area contributed by atoms with Gasteiger partial charge in [0.1, 0.15) is 0 Å². The fraction of sp³-hybridized carbons (Fsp3) is 0.333. The second kappa shape index (κ2) is 4.91. The van der Waals surface area contributed by atoms with Crippen molar-refractivity contribution in [2.75, 3.05) is 0 Å². The first-order valence-corrected chi connectivity index (χ1v) is 4.75. The lowest BCUT2D eigenvalue weighted by Gasteiger charge is -2.13. The molecule has 0 radical (unpaired) electrons. The largest absolute Gasteiger partial charge is 0.324 e. The van der Waals surface area contributed by atoms with Gasteiger partial charge < -0.3 is 5.73 Å². The van der Waals surface area contributed by atoms with Crippen LogP contribution < -0.4 is 5.73 Å². The minimum absolute atomic E-state index is 0.363. The predicted octanol–water partition coefficient (Wildman–Crippen LogP) is 3.65. The summed E-state index contributed by atoms with van der Waals surface area (Å²) >= 11 is 11.5. The summed E-state index contributed by atoms with van der Waals surface area (Å²) in [5.74, 6) is 0. The van der Waals surface area contributed by atoms with Crippen LogP contribution in [0.5, 0.6) is 0 Å². The fourth-order valence-corrected chi connectivity index (χ4v) is 1.56. The molecule has 14 heavy (non-hydrogen) atoms. The molecule has 0 aromatic heterocycles. The quantitative estimate of drug-likeness (QED) is 0.857. The lowest BCUT2D eigenvalue weighted by molar-refractivity contribution is 0.128. The Hall–Kier alpha value is -0.380. The van der Waals surface area contributed by atoms with Gasteiger partial charge in [-0.2, -0.15) is 0 Å². The van der Waals surface area contributed by atoms with Gasteiger partial charge in [-0.15, -0.1) is 0 Å². The average molecular weight is 240 g/mol. The minimum atomic E-state index is -2.44. The maximum absolute atomic E-state index is 12.0. The van der Waals surface area contributed by atoms with E-state index >= 15 is 0 Å². The van der Waals surface area contributed by atoms with Crippen LogP contribution in [-0.4, -0.2) is 6.43 Å². The van der Waals surface area contributed by atoms with Crippen LogP contribution in [0.4, 0.5) is 8.78 Å². The zero-order valence-electron chi connectivity index (χ0n) is 7.18. The molecule has 2 N–H and O–H groups in total. The molecular weight excluding hydrogens is 231 g/mol. The molecule has 1 rings (SSSR count). The Kier molecular flexibility index (Phi) is 4.11. The first-order chi connectivity index (χ1) is 6.50. The Morgan fingerprint density at radius 1 is 1.29 bits per heavy atom. The topological polar surface area (TPSA) is 26.0 Å². The van der Waals surface area contributed by atoms with Gasteiger partial charge in [0, 0.05) is 22.5 Å². The number of hydrogen-bond acceptors (Lipinski definition) is 1. The van der Waals surface area contributed by atoms with E-state index in [1.807, 2.05) is 0 Å². The van der Waals surface area contributed by atoms with E-state index in [-0.39, 0.29) is 0 Å². The van der Waals surface area contributed by atoms with Gasteiger partial charge in [-0.1, -0.05) is 23.2 Å². The summed E-state index contributed by atoms with van der Waals surface area (Å²) in [7, 11) is 0. The van der Waals surface area contributed by atoms with Crippen LogP contribution in [0.3, 0.4) is 0 Å². The van der Waals surface area contributed by atoms with E-state index in [0.717, 1.165) is 0 Å². The summed E-state index contributed by atoms with van der Waals surface area (Å²) in [6.07, 6.45) is -2.86. The number of hydrogen-bond donors (Lipinski definition) is 1. The molecule has 0 amide bonds. The van der Waals surface area contributed by atoms with Gasteiger partial charge in [-0.25, -0.2) is 8.78 Å². The van der Waals surface area contributed by atoms with E-state index in [1.165, 1.54) is 6.07 Å². The third kappa shape index (κ3) is 3.08. The maximum Gasteiger partial charge on any atom is 0.240 e. The highest BCUT2D eigenvalue weighted by molar-refractivity contribution is 6.33. The molecule has 0 aliphatic heterocycles. The number of alkyl halides is 2. The van der Waals surface area contributed by atoms with Crippen molar-refractivity contribution in [3.05, 3.63) is 33.8 Å². The van der Waals surface area contributed by atoms with Gasteiger partial charge in [-0.3, -0.25) is 0 Å². The zero-order chi connectivity index (χ0) is 10.7. The van der Waals surface area contributed by atoms with Crippen molar-refractivity contribution < 1.29 is 8.78 Å². The summed E-state index contributed by atoms with van der Waals surface area (Å²) in [6, 6.07) is 3.87. The van der Waals surface area contributed by atoms with Crippen LogP contribution in [0.1, 0.15) is 18.0 Å². The van der Waals surface area contributed by atoms with Crippen LogP contribution in [0.25, 0.3) is 0 Å². The molecule has 0 bridgehead atoms. The molecule has 0 aliphatic carbocycles. The van der Waals surface area contributed by atoms with Crippen molar-refractivity contribution in [3.63, 3.8) is 0 Å². The van der Waals surface area contributed by atoms with E-state index in [9.17, 15) is 8.78 Å². The van der Waals surface area contributed by atoms with Gasteiger partial charge in [0.15, 0.2) is 0 Å². The molecule has 0 saturated carbocycles. The first-order valence-electron chi connectivity index (χ1n) is 3.99. The second-order valence-electron chi connectivity index (χ2n) is 2.90. The van der Waals surface area contributed by atoms with Gasteiger partial charge in [-0.05, 0) is 23.8 Å². The van der Waals surface area contributed by atoms with Crippen molar-refractivity contribution in [2.24, 2.45) is 5.73 Å². The Balaban J connectivity index is 2.88. The van der Waals surface area contributed by atoms with E-state index in [0.29, 0.717) is 15.6 Å². The van der Waals surface area contributed by atoms with Crippen LogP contribution in [0, 0.1) is 0 Å². The average Bonchev–Trinajstić information content (AvgIpc) is 2.08. The molecule has 1 aromatic carbocycles. The van der Waals surface area contributed by atoms with E-state index < -0.39 is 18.9 Å². The summed E-state index contributed by atoms with van der Waals surface area (Å²) in [4.78, 5) is 0. The normalized spacial score (nSPS) is 13.3. The van der Waals surface area contributed by atoms with Gasteiger partial charge in [0.2, 0.25) is 6.43 Å². The van der Waals surface area contributed by atoms with Crippen molar-refractivity contribution in [1.29, 1.82) is 0 Å². The highest BCUT2D eigenvalue weighted by Crippen LogP contribution is 2.28. The van der Waals surface area contributed by atoms with Gasteiger partial charge >= 0.3 is 0 Å². The van der Waals surface area contributed by atoms with E-state index in [4.69, 9.17) is 28.9 Å². The number of nitrogens with two attached hydrogens (primary N) is 1. The van der Waals surface area contributed by atoms with Crippen LogP contribution in [-0.2, 0) is 0 Å². The molecule has 0 saturated heterocycles. The van der Waals surface area contributed by atoms with Gasteiger partial charge in [0.05, 0.1) is 0 Å². The molecule has 0 heterocycles. The molecule has 0 unspecified atom stereocenters. The highest BCUT2D eigenvalue weighted by Gasteiger charge is 2.15. The van der Waals surface area contributed by atoms with Crippen LogP contribution in [0.15, 0.2) is 18.2 Å². The lowest BCUT2D eigenvalue weighted by Crippen LogP contribution is -2.14. The molecule has 78 valence electrons. The van der Waals surface area contributed by atoms with Crippen LogP contribution >= 0.6 is 23.2 Å². The van der Waals surface area contributed by atoms with Crippen molar-refractivity contribution >= 4 is 23.2 Å². The molecule has 1 nitrogen and oxygen atoms in total. The number of benzene rings is 1. The van der Waals surface area contributed by atoms with Crippen LogP contribution in [0.2, 0.25) is 10.0 Å². The van der Waals surface area contributed by atoms with E-state index in [1.54, 1.807) is 12.1 Å². The molecule has 0 fully saturated rings. The molecular formula is C9H9Cl2F2N. The Morgan fingerprint density at radius 3 is 2.50 bits per heavy atom. The summed E-state index contributed by atoms with van der Waals surface area (Å²) < 4.78 is 24.1. The predicted molar refractivity (Wildman–Crippen MR) is 54.0 cm³/mol. The summed E-state index contributed by atoms with van der Waals surface area (Å²) in [5.41, 5.74) is 6.00.